The standard InChI is InChI=1S/C22H24N4O3/c1-16-19-9-2-3-10-20(19)22(28)26(24-16)15-21(27)25(14-18-8-6-12-29-18)13-17-7-4-5-11-23-17/h2-5,7,9-11,18H,6,8,12-15H2,1H3/t18-/m1/s1. The van der Waals surface area contributed by atoms with Crippen molar-refractivity contribution in [2.45, 2.75) is 39.0 Å². The first-order valence-corrected chi connectivity index (χ1v) is 9.87. The molecule has 1 aromatic carbocycles. The lowest BCUT2D eigenvalue weighted by atomic mass is 10.1. The number of rotatable bonds is 6. The molecule has 0 unspecified atom stereocenters. The zero-order valence-electron chi connectivity index (χ0n) is 16.5. The van der Waals surface area contributed by atoms with E-state index in [1.54, 1.807) is 17.2 Å². The highest BCUT2D eigenvalue weighted by Crippen LogP contribution is 2.16. The summed E-state index contributed by atoms with van der Waals surface area (Å²) in [7, 11) is 0. The molecule has 3 aromatic rings. The van der Waals surface area contributed by atoms with Crippen LogP contribution in [0.25, 0.3) is 10.8 Å². The summed E-state index contributed by atoms with van der Waals surface area (Å²) in [6.45, 7) is 3.32. The van der Waals surface area contributed by atoms with Gasteiger partial charge in [0.15, 0.2) is 0 Å². The molecule has 150 valence electrons. The highest BCUT2D eigenvalue weighted by molar-refractivity contribution is 5.83. The number of carbonyl (C=O) groups is 1. The molecule has 1 fully saturated rings. The predicted octanol–water partition coefficient (Wildman–Crippen LogP) is 2.31. The molecule has 0 bridgehead atoms. The quantitative estimate of drug-likeness (QED) is 0.643. The van der Waals surface area contributed by atoms with Crippen LogP contribution in [0.15, 0.2) is 53.5 Å². The van der Waals surface area contributed by atoms with Gasteiger partial charge in [-0.15, -0.1) is 0 Å². The molecule has 2 aromatic heterocycles. The molecular weight excluding hydrogens is 368 g/mol. The van der Waals surface area contributed by atoms with Gasteiger partial charge < -0.3 is 9.64 Å². The van der Waals surface area contributed by atoms with Gasteiger partial charge in [-0.3, -0.25) is 14.6 Å². The number of hydrogen-bond acceptors (Lipinski definition) is 5. The minimum absolute atomic E-state index is 0.0192. The third kappa shape index (κ3) is 4.35. The Bertz CT molecular complexity index is 1060. The van der Waals surface area contributed by atoms with E-state index >= 15 is 0 Å². The second-order valence-electron chi connectivity index (χ2n) is 7.32. The van der Waals surface area contributed by atoms with Crippen LogP contribution in [-0.2, 0) is 22.6 Å². The second kappa shape index (κ2) is 8.53. The maximum absolute atomic E-state index is 13.1. The molecule has 4 rings (SSSR count). The van der Waals surface area contributed by atoms with E-state index in [0.29, 0.717) is 18.5 Å². The van der Waals surface area contributed by atoms with E-state index in [4.69, 9.17) is 4.74 Å². The van der Waals surface area contributed by atoms with Crippen LogP contribution in [-0.4, -0.2) is 44.8 Å². The lowest BCUT2D eigenvalue weighted by molar-refractivity contribution is -0.134. The minimum Gasteiger partial charge on any atom is -0.376 e. The SMILES string of the molecule is Cc1nn(CC(=O)N(Cc2ccccn2)C[C@H]2CCCO2)c(=O)c2ccccc12. The van der Waals surface area contributed by atoms with Crippen LogP contribution < -0.4 is 5.56 Å². The fourth-order valence-electron chi connectivity index (χ4n) is 3.72. The summed E-state index contributed by atoms with van der Waals surface area (Å²) in [5, 5.41) is 5.76. The molecule has 0 aliphatic carbocycles. The van der Waals surface area contributed by atoms with Crippen LogP contribution in [0, 0.1) is 6.92 Å². The monoisotopic (exact) mass is 392 g/mol. The van der Waals surface area contributed by atoms with Crippen molar-refractivity contribution in [1.29, 1.82) is 0 Å². The van der Waals surface area contributed by atoms with Crippen LogP contribution in [0.2, 0.25) is 0 Å². The fourth-order valence-corrected chi connectivity index (χ4v) is 3.72. The van der Waals surface area contributed by atoms with Crippen LogP contribution in [0.4, 0.5) is 0 Å². The van der Waals surface area contributed by atoms with E-state index in [0.717, 1.165) is 36.2 Å². The number of aryl methyl sites for hydroxylation is 1. The molecule has 29 heavy (non-hydrogen) atoms. The van der Waals surface area contributed by atoms with Crippen molar-refractivity contribution in [3.63, 3.8) is 0 Å². The fraction of sp³-hybridized carbons (Fsp3) is 0.364. The summed E-state index contributed by atoms with van der Waals surface area (Å²) in [4.78, 5) is 32.0. The Morgan fingerprint density at radius 1 is 1.21 bits per heavy atom. The largest absolute Gasteiger partial charge is 0.376 e. The molecule has 1 aliphatic heterocycles. The maximum atomic E-state index is 13.1. The van der Waals surface area contributed by atoms with Gasteiger partial charge in [0.2, 0.25) is 5.91 Å². The van der Waals surface area contributed by atoms with Gasteiger partial charge in [-0.1, -0.05) is 24.3 Å². The van der Waals surface area contributed by atoms with Crippen LogP contribution >= 0.6 is 0 Å². The lowest BCUT2D eigenvalue weighted by Crippen LogP contribution is -2.41. The van der Waals surface area contributed by atoms with Gasteiger partial charge in [0.1, 0.15) is 6.54 Å². The Kier molecular flexibility index (Phi) is 5.67. The van der Waals surface area contributed by atoms with E-state index in [-0.39, 0.29) is 24.1 Å². The Morgan fingerprint density at radius 2 is 2.00 bits per heavy atom. The summed E-state index contributed by atoms with van der Waals surface area (Å²) in [5.41, 5.74) is 1.27. The van der Waals surface area contributed by atoms with Crippen molar-refractivity contribution in [1.82, 2.24) is 19.7 Å². The third-order valence-electron chi connectivity index (χ3n) is 5.22. The van der Waals surface area contributed by atoms with Crippen LogP contribution in [0.1, 0.15) is 24.2 Å². The molecule has 1 atom stereocenters. The summed E-state index contributed by atoms with van der Waals surface area (Å²) < 4.78 is 6.99. The first-order valence-electron chi connectivity index (χ1n) is 9.87. The number of aromatic nitrogens is 3. The third-order valence-corrected chi connectivity index (χ3v) is 5.22. The summed E-state index contributed by atoms with van der Waals surface area (Å²) >= 11 is 0. The average Bonchev–Trinajstić information content (AvgIpc) is 3.25. The number of pyridine rings is 1. The maximum Gasteiger partial charge on any atom is 0.275 e. The molecule has 0 N–H and O–H groups in total. The molecule has 1 saturated heterocycles. The first-order chi connectivity index (χ1) is 14.1. The van der Waals surface area contributed by atoms with E-state index < -0.39 is 0 Å². The Balaban J connectivity index is 1.59. The summed E-state index contributed by atoms with van der Waals surface area (Å²) in [5.74, 6) is -0.171. The van der Waals surface area contributed by atoms with Crippen molar-refractivity contribution < 1.29 is 9.53 Å². The lowest BCUT2D eigenvalue weighted by Gasteiger charge is -2.25. The molecule has 1 amide bonds. The molecule has 0 radical (unpaired) electrons. The smallest absolute Gasteiger partial charge is 0.275 e. The molecule has 0 saturated carbocycles. The second-order valence-corrected chi connectivity index (χ2v) is 7.32. The molecule has 3 heterocycles. The molecule has 7 heteroatoms. The van der Waals surface area contributed by atoms with Crippen LogP contribution in [0.3, 0.4) is 0 Å². The highest BCUT2D eigenvalue weighted by Gasteiger charge is 2.24. The number of amides is 1. The van der Waals surface area contributed by atoms with Crippen molar-refractivity contribution in [3.05, 3.63) is 70.4 Å². The molecule has 1 aliphatic rings. The van der Waals surface area contributed by atoms with E-state index in [1.165, 1.54) is 4.68 Å². The van der Waals surface area contributed by atoms with Gasteiger partial charge in [-0.25, -0.2) is 4.68 Å². The van der Waals surface area contributed by atoms with Crippen molar-refractivity contribution in [2.75, 3.05) is 13.2 Å². The van der Waals surface area contributed by atoms with E-state index in [9.17, 15) is 9.59 Å². The zero-order valence-corrected chi connectivity index (χ0v) is 16.5. The molecular formula is C22H24N4O3. The number of ether oxygens (including phenoxy) is 1. The molecule has 0 spiro atoms. The zero-order chi connectivity index (χ0) is 20.2. The van der Waals surface area contributed by atoms with Gasteiger partial charge in [0.05, 0.1) is 29.4 Å². The van der Waals surface area contributed by atoms with Gasteiger partial charge in [-0.2, -0.15) is 5.10 Å². The summed E-state index contributed by atoms with van der Waals surface area (Å²) in [6, 6.07) is 13.0. The van der Waals surface area contributed by atoms with Crippen molar-refractivity contribution in [2.24, 2.45) is 0 Å². The topological polar surface area (TPSA) is 77.3 Å². The number of fused-ring (bicyclic) bond motifs is 1. The van der Waals surface area contributed by atoms with Gasteiger partial charge in [0.25, 0.3) is 5.56 Å². The number of hydrogen-bond donors (Lipinski definition) is 0. The number of nitrogens with zero attached hydrogens (tertiary/aromatic N) is 4. The predicted molar refractivity (Wildman–Crippen MR) is 109 cm³/mol. The van der Waals surface area contributed by atoms with Gasteiger partial charge in [-0.05, 0) is 38.0 Å². The van der Waals surface area contributed by atoms with E-state index in [2.05, 4.69) is 10.1 Å². The normalized spacial score (nSPS) is 16.2. The average molecular weight is 392 g/mol. The Labute approximate surface area is 168 Å². The minimum atomic E-state index is -0.255. The van der Waals surface area contributed by atoms with E-state index in [1.807, 2.05) is 43.3 Å². The van der Waals surface area contributed by atoms with Gasteiger partial charge in [0, 0.05) is 24.7 Å². The Hall–Kier alpha value is -3.06. The first kappa shape index (κ1) is 19.3. The van der Waals surface area contributed by atoms with Crippen LogP contribution in [0.5, 0.6) is 0 Å². The van der Waals surface area contributed by atoms with Crippen molar-refractivity contribution >= 4 is 16.7 Å². The van der Waals surface area contributed by atoms with Crippen molar-refractivity contribution in [3.8, 4) is 0 Å². The Morgan fingerprint density at radius 3 is 2.72 bits per heavy atom. The molecule has 7 nitrogen and oxygen atoms in total. The van der Waals surface area contributed by atoms with Gasteiger partial charge >= 0.3 is 0 Å². The number of carbonyl (C=O) groups excluding carboxylic acids is 1. The summed E-state index contributed by atoms with van der Waals surface area (Å²) in [6.07, 6.45) is 3.66. The highest BCUT2D eigenvalue weighted by atomic mass is 16.5. The number of benzene rings is 1.